The van der Waals surface area contributed by atoms with Crippen LogP contribution in [0.4, 0.5) is 5.69 Å². The summed E-state index contributed by atoms with van der Waals surface area (Å²) in [4.78, 5) is 48.5. The number of carbonyl (C=O) groups is 3. The molecule has 2 saturated heterocycles. The van der Waals surface area contributed by atoms with Crippen LogP contribution in [0.1, 0.15) is 47.0 Å². The van der Waals surface area contributed by atoms with Gasteiger partial charge in [0.2, 0.25) is 11.8 Å². The number of anilines is 1. The smallest absolute Gasteiger partial charge is 0.253 e. The van der Waals surface area contributed by atoms with Crippen LogP contribution in [0, 0.1) is 17.8 Å². The first-order valence-electron chi connectivity index (χ1n) is 14.5. The molecule has 0 bridgehead atoms. The topological polar surface area (TPSA) is 90.4 Å². The average Bonchev–Trinajstić information content (AvgIpc) is 3.24. The van der Waals surface area contributed by atoms with Crippen LogP contribution in [-0.4, -0.2) is 82.2 Å². The van der Waals surface area contributed by atoms with Crippen LogP contribution in [0.2, 0.25) is 5.02 Å². The summed E-state index contributed by atoms with van der Waals surface area (Å²) in [6.07, 6.45) is 9.57. The molecule has 0 aromatic heterocycles. The fraction of sp³-hybridized carbons (Fsp3) is 0.581. The molecule has 1 aromatic rings. The van der Waals surface area contributed by atoms with Crippen molar-refractivity contribution in [2.45, 2.75) is 70.2 Å². The molecule has 0 radical (unpaired) electrons. The zero-order valence-electron chi connectivity index (χ0n) is 23.8. The predicted molar refractivity (Wildman–Crippen MR) is 154 cm³/mol. The molecule has 216 valence electrons. The van der Waals surface area contributed by atoms with Gasteiger partial charge < -0.3 is 24.5 Å². The molecule has 1 unspecified atom stereocenters. The predicted octanol–water partition coefficient (Wildman–Crippen LogP) is 3.82. The lowest BCUT2D eigenvalue weighted by Crippen LogP contribution is -2.60. The fourth-order valence-corrected chi connectivity index (χ4v) is 7.52. The number of nitrogens with zero attached hydrogens (tertiary/aromatic N) is 3. The monoisotopic (exact) mass is 569 g/mol. The highest BCUT2D eigenvalue weighted by molar-refractivity contribution is 6.34. The van der Waals surface area contributed by atoms with Gasteiger partial charge in [-0.15, -0.1) is 0 Å². The van der Waals surface area contributed by atoms with Crippen molar-refractivity contribution in [3.05, 3.63) is 53.6 Å². The van der Waals surface area contributed by atoms with E-state index >= 15 is 0 Å². The summed E-state index contributed by atoms with van der Waals surface area (Å²) in [5.41, 5.74) is -1.86. The molecule has 3 amide bonds. The number of rotatable bonds is 8. The standard InChI is InChI=1S/C31H40ClN3O5/c1-5-16-33-17-10-14-30(7-3)24(27(33)37)25-28(38)35(23(19-36)20(4)6-2)26-29(39)34(18-11-15-31(25,26)40-30)22-13-9-8-12-21(22)32/h8-15,20,23-26,36H,5-7,16-19H2,1-4H3/t20-,23-,24-,25-,26?,30+,31-/m0/s1. The van der Waals surface area contributed by atoms with Crippen LogP contribution in [-0.2, 0) is 19.1 Å². The summed E-state index contributed by atoms with van der Waals surface area (Å²) >= 11 is 6.55. The van der Waals surface area contributed by atoms with Crippen molar-refractivity contribution in [1.29, 1.82) is 0 Å². The number of benzene rings is 1. The maximum absolute atomic E-state index is 14.7. The number of amides is 3. The van der Waals surface area contributed by atoms with Gasteiger partial charge >= 0.3 is 0 Å². The van der Waals surface area contributed by atoms with E-state index in [1.165, 1.54) is 0 Å². The molecule has 1 spiro atoms. The third-order valence-electron chi connectivity index (χ3n) is 9.44. The number of aliphatic hydroxyl groups is 1. The molecule has 4 aliphatic rings. The zero-order valence-corrected chi connectivity index (χ0v) is 24.5. The van der Waals surface area contributed by atoms with Gasteiger partial charge in [-0.1, -0.05) is 82.2 Å². The molecule has 1 N–H and O–H groups in total. The van der Waals surface area contributed by atoms with E-state index in [-0.39, 0.29) is 36.8 Å². The van der Waals surface area contributed by atoms with Gasteiger partial charge in [-0.3, -0.25) is 14.4 Å². The number of hydrogen-bond donors (Lipinski definition) is 1. The van der Waals surface area contributed by atoms with Crippen LogP contribution < -0.4 is 4.90 Å². The second kappa shape index (κ2) is 11.0. The Bertz CT molecular complexity index is 1240. The molecule has 1 aromatic carbocycles. The minimum atomic E-state index is -1.37. The Morgan fingerprint density at radius 1 is 1.02 bits per heavy atom. The van der Waals surface area contributed by atoms with Crippen molar-refractivity contribution in [3.8, 4) is 0 Å². The maximum atomic E-state index is 14.7. The lowest BCUT2D eigenvalue weighted by Gasteiger charge is -2.42. The highest BCUT2D eigenvalue weighted by Gasteiger charge is 2.76. The Balaban J connectivity index is 1.71. The van der Waals surface area contributed by atoms with Crippen LogP contribution >= 0.6 is 11.6 Å². The lowest BCUT2D eigenvalue weighted by molar-refractivity contribution is -0.153. The first kappa shape index (κ1) is 28.8. The van der Waals surface area contributed by atoms with Gasteiger partial charge in [0.15, 0.2) is 0 Å². The minimum absolute atomic E-state index is 0.0872. The first-order valence-corrected chi connectivity index (χ1v) is 14.9. The molecular formula is C31H40ClN3O5. The van der Waals surface area contributed by atoms with E-state index in [0.29, 0.717) is 36.6 Å². The van der Waals surface area contributed by atoms with Gasteiger partial charge in [-0.25, -0.2) is 0 Å². The summed E-state index contributed by atoms with van der Waals surface area (Å²) < 4.78 is 7.02. The van der Waals surface area contributed by atoms with Crippen LogP contribution in [0.25, 0.3) is 0 Å². The number of ether oxygens (including phenoxy) is 1. The molecule has 8 nitrogen and oxygen atoms in total. The number of carbonyl (C=O) groups excluding carboxylic acids is 3. The van der Waals surface area contributed by atoms with Crippen molar-refractivity contribution in [1.82, 2.24) is 9.80 Å². The molecule has 5 rings (SSSR count). The average molecular weight is 570 g/mol. The number of hydrogen-bond acceptors (Lipinski definition) is 5. The number of halogens is 1. The van der Waals surface area contributed by atoms with Gasteiger partial charge in [0.05, 0.1) is 40.8 Å². The molecule has 2 fully saturated rings. The van der Waals surface area contributed by atoms with Gasteiger partial charge in [-0.2, -0.15) is 0 Å². The maximum Gasteiger partial charge on any atom is 0.253 e. The second-order valence-electron chi connectivity index (χ2n) is 11.5. The summed E-state index contributed by atoms with van der Waals surface area (Å²) in [6, 6.07) is 5.45. The van der Waals surface area contributed by atoms with Crippen molar-refractivity contribution in [2.75, 3.05) is 31.1 Å². The molecule has 7 atom stereocenters. The van der Waals surface area contributed by atoms with Gasteiger partial charge in [0.25, 0.3) is 5.91 Å². The zero-order chi connectivity index (χ0) is 28.8. The number of likely N-dealkylation sites (tertiary alicyclic amines) is 1. The highest BCUT2D eigenvalue weighted by atomic mass is 35.5. The van der Waals surface area contributed by atoms with E-state index in [1.54, 1.807) is 32.9 Å². The van der Waals surface area contributed by atoms with Gasteiger partial charge in [0.1, 0.15) is 11.6 Å². The SMILES string of the molecule is CCCN1CC=C[C@@]2(CC)O[C@]34C=CCN(c5ccccc5Cl)C(=O)C3N([C@@H](CO)[C@@H](C)CC)C(=O)[C@@H]4[C@H]2C1=O. The van der Waals surface area contributed by atoms with Crippen molar-refractivity contribution < 1.29 is 24.2 Å². The first-order chi connectivity index (χ1) is 19.2. The van der Waals surface area contributed by atoms with Crippen molar-refractivity contribution in [3.63, 3.8) is 0 Å². The summed E-state index contributed by atoms with van der Waals surface area (Å²) in [5, 5.41) is 11.0. The van der Waals surface area contributed by atoms with Crippen LogP contribution in [0.15, 0.2) is 48.6 Å². The Labute approximate surface area is 241 Å². The van der Waals surface area contributed by atoms with Crippen molar-refractivity contribution in [2.24, 2.45) is 17.8 Å². The van der Waals surface area contributed by atoms with Gasteiger partial charge in [-0.05, 0) is 30.9 Å². The summed E-state index contributed by atoms with van der Waals surface area (Å²) in [7, 11) is 0. The molecule has 9 heteroatoms. The largest absolute Gasteiger partial charge is 0.394 e. The van der Waals surface area contributed by atoms with E-state index in [4.69, 9.17) is 16.3 Å². The number of fused-ring (bicyclic) bond motifs is 2. The molecule has 0 aliphatic carbocycles. The summed E-state index contributed by atoms with van der Waals surface area (Å²) in [5.74, 6) is -2.55. The normalized spacial score (nSPS) is 33.0. The fourth-order valence-electron chi connectivity index (χ4n) is 7.28. The van der Waals surface area contributed by atoms with E-state index in [1.807, 2.05) is 58.1 Å². The number of aliphatic hydroxyl groups excluding tert-OH is 1. The molecule has 4 aliphatic heterocycles. The Morgan fingerprint density at radius 2 is 1.75 bits per heavy atom. The van der Waals surface area contributed by atoms with E-state index in [2.05, 4.69) is 0 Å². The second-order valence-corrected chi connectivity index (χ2v) is 11.9. The quantitative estimate of drug-likeness (QED) is 0.481. The molecular weight excluding hydrogens is 530 g/mol. The Morgan fingerprint density at radius 3 is 2.40 bits per heavy atom. The van der Waals surface area contributed by atoms with Crippen molar-refractivity contribution >= 4 is 35.0 Å². The molecule has 0 saturated carbocycles. The molecule has 40 heavy (non-hydrogen) atoms. The van der Waals surface area contributed by atoms with E-state index in [9.17, 15) is 19.5 Å². The van der Waals surface area contributed by atoms with E-state index < -0.39 is 35.1 Å². The highest BCUT2D eigenvalue weighted by Crippen LogP contribution is 2.59. The minimum Gasteiger partial charge on any atom is -0.394 e. The Hall–Kier alpha value is -2.68. The van der Waals surface area contributed by atoms with Crippen LogP contribution in [0.3, 0.4) is 0 Å². The molecule has 4 heterocycles. The third kappa shape index (κ3) is 4.13. The van der Waals surface area contributed by atoms with E-state index in [0.717, 1.165) is 6.42 Å². The van der Waals surface area contributed by atoms with Crippen LogP contribution in [0.5, 0.6) is 0 Å². The summed E-state index contributed by atoms with van der Waals surface area (Å²) in [6.45, 7) is 8.91. The Kier molecular flexibility index (Phi) is 7.89. The third-order valence-corrected chi connectivity index (χ3v) is 9.76. The number of para-hydroxylation sites is 1. The lowest BCUT2D eigenvalue weighted by atomic mass is 9.73. The van der Waals surface area contributed by atoms with Gasteiger partial charge in [0, 0.05) is 19.6 Å².